The van der Waals surface area contributed by atoms with E-state index in [4.69, 9.17) is 0 Å². The SMILES string of the molecule is CCC(=O)N1CCCN(C(=O)NC2CC(=O)N(Cc3ccccc3C(F)(F)F)C2)CC1. The third-order valence-electron chi connectivity index (χ3n) is 5.66. The van der Waals surface area contributed by atoms with Crippen LogP contribution in [0.5, 0.6) is 0 Å². The molecule has 2 aliphatic heterocycles. The van der Waals surface area contributed by atoms with Crippen molar-refractivity contribution in [2.45, 2.75) is 44.9 Å². The van der Waals surface area contributed by atoms with Crippen LogP contribution in [0.25, 0.3) is 0 Å². The fourth-order valence-electron chi connectivity index (χ4n) is 4.02. The minimum absolute atomic E-state index is 0.0310. The zero-order chi connectivity index (χ0) is 22.6. The second-order valence-corrected chi connectivity index (χ2v) is 7.85. The summed E-state index contributed by atoms with van der Waals surface area (Å²) >= 11 is 0. The monoisotopic (exact) mass is 440 g/mol. The highest BCUT2D eigenvalue weighted by Crippen LogP contribution is 2.32. The number of alkyl halides is 3. The summed E-state index contributed by atoms with van der Waals surface area (Å²) in [4.78, 5) is 41.6. The molecule has 31 heavy (non-hydrogen) atoms. The summed E-state index contributed by atoms with van der Waals surface area (Å²) in [5.74, 6) is -0.240. The standard InChI is InChI=1S/C21H27F3N4O3/c1-2-18(29)26-8-5-9-27(11-10-26)20(31)25-16-12-19(30)28(14-16)13-15-6-3-4-7-17(15)21(22,23)24/h3-4,6-7,16H,2,5,8-14H2,1H3,(H,25,31). The van der Waals surface area contributed by atoms with Crippen LogP contribution in [-0.4, -0.2) is 71.3 Å². The molecule has 1 aromatic carbocycles. The van der Waals surface area contributed by atoms with Gasteiger partial charge in [-0.1, -0.05) is 25.1 Å². The molecule has 10 heteroatoms. The largest absolute Gasteiger partial charge is 0.416 e. The van der Waals surface area contributed by atoms with E-state index in [0.29, 0.717) is 39.0 Å². The van der Waals surface area contributed by atoms with Crippen molar-refractivity contribution < 1.29 is 27.6 Å². The number of amides is 4. The smallest absolute Gasteiger partial charge is 0.341 e. The summed E-state index contributed by atoms with van der Waals surface area (Å²) in [5, 5.41) is 2.82. The summed E-state index contributed by atoms with van der Waals surface area (Å²) in [6.07, 6.45) is -3.35. The summed E-state index contributed by atoms with van der Waals surface area (Å²) in [7, 11) is 0. The molecule has 0 saturated carbocycles. The number of nitrogens with one attached hydrogen (secondary N) is 1. The number of likely N-dealkylation sites (tertiary alicyclic amines) is 1. The highest BCUT2D eigenvalue weighted by atomic mass is 19.4. The van der Waals surface area contributed by atoms with Crippen LogP contribution < -0.4 is 5.32 Å². The van der Waals surface area contributed by atoms with Gasteiger partial charge in [0.25, 0.3) is 0 Å². The minimum Gasteiger partial charge on any atom is -0.341 e. The molecule has 2 saturated heterocycles. The lowest BCUT2D eigenvalue weighted by molar-refractivity contribution is -0.139. The van der Waals surface area contributed by atoms with Gasteiger partial charge in [-0.15, -0.1) is 0 Å². The fraction of sp³-hybridized carbons (Fsp3) is 0.571. The van der Waals surface area contributed by atoms with Crippen LogP contribution in [0.2, 0.25) is 0 Å². The Bertz CT molecular complexity index is 830. The molecule has 0 radical (unpaired) electrons. The third kappa shape index (κ3) is 5.68. The van der Waals surface area contributed by atoms with Crippen LogP contribution >= 0.6 is 0 Å². The molecule has 170 valence electrons. The molecular weight excluding hydrogens is 413 g/mol. The normalized spacial score (nSPS) is 20.1. The summed E-state index contributed by atoms with van der Waals surface area (Å²) in [6, 6.07) is 4.41. The van der Waals surface area contributed by atoms with Crippen molar-refractivity contribution in [2.24, 2.45) is 0 Å². The van der Waals surface area contributed by atoms with Crippen molar-refractivity contribution in [3.05, 3.63) is 35.4 Å². The minimum atomic E-state index is -4.49. The fourth-order valence-corrected chi connectivity index (χ4v) is 4.02. The molecule has 3 rings (SSSR count). The third-order valence-corrected chi connectivity index (χ3v) is 5.66. The lowest BCUT2D eigenvalue weighted by Gasteiger charge is -2.24. The van der Waals surface area contributed by atoms with Gasteiger partial charge in [0.15, 0.2) is 0 Å². The van der Waals surface area contributed by atoms with Crippen molar-refractivity contribution >= 4 is 17.8 Å². The van der Waals surface area contributed by atoms with Gasteiger partial charge in [0.05, 0.1) is 11.6 Å². The van der Waals surface area contributed by atoms with E-state index in [1.54, 1.807) is 16.7 Å². The van der Waals surface area contributed by atoms with E-state index in [0.717, 1.165) is 6.07 Å². The van der Waals surface area contributed by atoms with E-state index in [2.05, 4.69) is 5.32 Å². The lowest BCUT2D eigenvalue weighted by atomic mass is 10.1. The second kappa shape index (κ2) is 9.57. The maximum Gasteiger partial charge on any atom is 0.416 e. The highest BCUT2D eigenvalue weighted by molar-refractivity contribution is 5.82. The number of rotatable bonds is 4. The molecule has 1 N–H and O–H groups in total. The highest BCUT2D eigenvalue weighted by Gasteiger charge is 2.36. The lowest BCUT2D eigenvalue weighted by Crippen LogP contribution is -2.47. The van der Waals surface area contributed by atoms with Crippen LogP contribution in [-0.2, 0) is 22.3 Å². The molecule has 1 unspecified atom stereocenters. The van der Waals surface area contributed by atoms with Crippen molar-refractivity contribution in [3.63, 3.8) is 0 Å². The van der Waals surface area contributed by atoms with Crippen molar-refractivity contribution in [3.8, 4) is 0 Å². The van der Waals surface area contributed by atoms with Crippen molar-refractivity contribution in [1.29, 1.82) is 0 Å². The molecule has 1 aromatic rings. The average molecular weight is 440 g/mol. The van der Waals surface area contributed by atoms with Crippen LogP contribution in [0, 0.1) is 0 Å². The van der Waals surface area contributed by atoms with Crippen molar-refractivity contribution in [2.75, 3.05) is 32.7 Å². The van der Waals surface area contributed by atoms with Gasteiger partial charge in [0.2, 0.25) is 11.8 Å². The predicted octanol–water partition coefficient (Wildman–Crippen LogP) is 2.46. The Morgan fingerprint density at radius 3 is 2.48 bits per heavy atom. The number of benzene rings is 1. The quantitative estimate of drug-likeness (QED) is 0.782. The first-order valence-electron chi connectivity index (χ1n) is 10.4. The molecular formula is C21H27F3N4O3. The van der Waals surface area contributed by atoms with Crippen LogP contribution in [0.1, 0.15) is 37.3 Å². The molecule has 0 bridgehead atoms. The maximum absolute atomic E-state index is 13.2. The number of halogens is 3. The van der Waals surface area contributed by atoms with Crippen LogP contribution in [0.3, 0.4) is 0 Å². The van der Waals surface area contributed by atoms with E-state index in [1.807, 2.05) is 0 Å². The summed E-state index contributed by atoms with van der Waals surface area (Å²) in [5.41, 5.74) is -0.727. The van der Waals surface area contributed by atoms with Gasteiger partial charge in [-0.05, 0) is 18.1 Å². The van der Waals surface area contributed by atoms with E-state index < -0.39 is 17.8 Å². The number of carbonyl (C=O) groups excluding carboxylic acids is 3. The second-order valence-electron chi connectivity index (χ2n) is 7.85. The first-order chi connectivity index (χ1) is 14.7. The van der Waals surface area contributed by atoms with Gasteiger partial charge >= 0.3 is 12.2 Å². The first-order valence-corrected chi connectivity index (χ1v) is 10.4. The Kier molecular flexibility index (Phi) is 7.07. The Morgan fingerprint density at radius 1 is 1.10 bits per heavy atom. The summed E-state index contributed by atoms with van der Waals surface area (Å²) < 4.78 is 39.7. The Morgan fingerprint density at radius 2 is 1.77 bits per heavy atom. The Balaban J connectivity index is 1.56. The number of hydrogen-bond donors (Lipinski definition) is 1. The van der Waals surface area contributed by atoms with Crippen LogP contribution in [0.4, 0.5) is 18.0 Å². The molecule has 0 aromatic heterocycles. The summed E-state index contributed by atoms with van der Waals surface area (Å²) in [6.45, 7) is 3.77. The topological polar surface area (TPSA) is 73.0 Å². The van der Waals surface area contributed by atoms with Gasteiger partial charge in [-0.2, -0.15) is 13.2 Å². The molecule has 2 fully saturated rings. The van der Waals surface area contributed by atoms with Gasteiger partial charge < -0.3 is 20.0 Å². The molecule has 7 nitrogen and oxygen atoms in total. The van der Waals surface area contributed by atoms with E-state index in [1.165, 1.54) is 23.1 Å². The molecule has 2 aliphatic rings. The molecule has 4 amide bonds. The number of nitrogens with zero attached hydrogens (tertiary/aromatic N) is 3. The zero-order valence-corrected chi connectivity index (χ0v) is 17.5. The first kappa shape index (κ1) is 22.9. The Hall–Kier alpha value is -2.78. The van der Waals surface area contributed by atoms with E-state index >= 15 is 0 Å². The Labute approximate surface area is 179 Å². The van der Waals surface area contributed by atoms with Crippen molar-refractivity contribution in [1.82, 2.24) is 20.0 Å². The maximum atomic E-state index is 13.2. The van der Waals surface area contributed by atoms with E-state index in [9.17, 15) is 27.6 Å². The predicted molar refractivity (Wildman–Crippen MR) is 107 cm³/mol. The number of hydrogen-bond acceptors (Lipinski definition) is 3. The van der Waals surface area contributed by atoms with Gasteiger partial charge in [-0.3, -0.25) is 9.59 Å². The van der Waals surface area contributed by atoms with Gasteiger partial charge in [0, 0.05) is 52.1 Å². The number of urea groups is 1. The molecule has 0 spiro atoms. The molecule has 1 atom stereocenters. The van der Waals surface area contributed by atoms with Gasteiger partial charge in [-0.25, -0.2) is 4.79 Å². The van der Waals surface area contributed by atoms with Crippen LogP contribution in [0.15, 0.2) is 24.3 Å². The number of carbonyl (C=O) groups is 3. The van der Waals surface area contributed by atoms with Gasteiger partial charge in [0.1, 0.15) is 0 Å². The van der Waals surface area contributed by atoms with E-state index in [-0.39, 0.29) is 42.9 Å². The average Bonchev–Trinajstić information content (AvgIpc) is 2.92. The zero-order valence-electron chi connectivity index (χ0n) is 17.5. The molecule has 2 heterocycles. The molecule has 0 aliphatic carbocycles.